The summed E-state index contributed by atoms with van der Waals surface area (Å²) in [6, 6.07) is 16.5. The van der Waals surface area contributed by atoms with Crippen LogP contribution in [0.1, 0.15) is 20.8 Å². The summed E-state index contributed by atoms with van der Waals surface area (Å²) in [6.45, 7) is -1.48. The Hall–Kier alpha value is -7.28. The summed E-state index contributed by atoms with van der Waals surface area (Å²) in [5.41, 5.74) is -2.75. The van der Waals surface area contributed by atoms with Gasteiger partial charge in [-0.3, -0.25) is 4.55 Å². The second kappa shape index (κ2) is 22.8. The first-order valence-corrected chi connectivity index (χ1v) is 21.8. The van der Waals surface area contributed by atoms with Gasteiger partial charge in [0.05, 0.1) is 36.5 Å². The second-order valence-corrected chi connectivity index (χ2v) is 15.7. The number of carboxylic acids is 2. The Bertz CT molecular complexity index is 3050. The Morgan fingerprint density at radius 3 is 1.90 bits per heavy atom. The topological polar surface area (TPSA) is 387 Å². The van der Waals surface area contributed by atoms with E-state index >= 15 is 0 Å². The van der Waals surface area contributed by atoms with Crippen LogP contribution < -0.4 is 14.2 Å². The molecule has 6 aromatic rings. The average molecular weight is 985 g/mol. The second-order valence-electron chi connectivity index (χ2n) is 12.8. The number of benzene rings is 5. The molecule has 1 heterocycles. The van der Waals surface area contributed by atoms with Crippen LogP contribution in [0.3, 0.4) is 0 Å². The molecule has 0 aliphatic heterocycles. The Morgan fingerprint density at radius 2 is 1.34 bits per heavy atom. The molecule has 352 valence electrons. The van der Waals surface area contributed by atoms with Gasteiger partial charge >= 0.3 is 11.9 Å². The molecule has 6 rings (SSSR count). The number of methoxy groups -OCH3 is 1. The first-order chi connectivity index (χ1) is 32.1. The van der Waals surface area contributed by atoms with E-state index in [4.69, 9.17) is 19.3 Å². The highest BCUT2D eigenvalue weighted by molar-refractivity contribution is 7.93. The zero-order chi connectivity index (χ0) is 49.0. The van der Waals surface area contributed by atoms with Gasteiger partial charge in [0.15, 0.2) is 16.8 Å². The first-order valence-electron chi connectivity index (χ1n) is 18.5. The molecular formula is C39H36N8O17S3. The van der Waals surface area contributed by atoms with Gasteiger partial charge in [-0.15, -0.1) is 30.7 Å². The fraction of sp³-hybridized carbons (Fsp3) is 0.154. The van der Waals surface area contributed by atoms with Crippen LogP contribution in [0.15, 0.2) is 124 Å². The third-order valence-corrected chi connectivity index (χ3v) is 10.7. The quantitative estimate of drug-likeness (QED) is 0.0169. The van der Waals surface area contributed by atoms with Crippen molar-refractivity contribution in [1.82, 2.24) is 9.78 Å². The fourth-order valence-electron chi connectivity index (χ4n) is 5.72. The van der Waals surface area contributed by atoms with E-state index in [1.165, 1.54) is 73.8 Å². The first kappa shape index (κ1) is 50.7. The molecule has 25 nitrogen and oxygen atoms in total. The summed E-state index contributed by atoms with van der Waals surface area (Å²) in [4.78, 5) is 23.3. The lowest BCUT2D eigenvalue weighted by atomic mass is 10.1. The highest BCUT2D eigenvalue weighted by Gasteiger charge is 2.25. The molecular weight excluding hydrogens is 949 g/mol. The summed E-state index contributed by atoms with van der Waals surface area (Å²) >= 11 is -2.22. The largest absolute Gasteiger partial charge is 0.497 e. The maximum atomic E-state index is 12.6. The average Bonchev–Trinajstić information content (AvgIpc) is 3.66. The predicted molar refractivity (Wildman–Crippen MR) is 236 cm³/mol. The van der Waals surface area contributed by atoms with E-state index in [-0.39, 0.29) is 91.5 Å². The number of azo groups is 3. The van der Waals surface area contributed by atoms with Crippen molar-refractivity contribution >= 4 is 90.1 Å². The van der Waals surface area contributed by atoms with Gasteiger partial charge in [0.2, 0.25) is 11.6 Å². The molecule has 0 fully saturated rings. The number of carbonyl (C=O) groups is 2. The van der Waals surface area contributed by atoms with Crippen molar-refractivity contribution in [2.75, 3.05) is 40.6 Å². The van der Waals surface area contributed by atoms with Gasteiger partial charge in [0.1, 0.15) is 63.8 Å². The molecule has 0 amide bonds. The van der Waals surface area contributed by atoms with E-state index in [1.54, 1.807) is 0 Å². The zero-order valence-corrected chi connectivity index (χ0v) is 36.9. The van der Waals surface area contributed by atoms with Crippen LogP contribution in [-0.2, 0) is 21.2 Å². The standard InChI is InChI=1S/C38H32N8O16S3.CH4O/c1-60-22-4-6-26(32(15-22)64(55)56)40-41-27-17-31(62-11-9-48)28(18-30(27)61-10-8-47)42-43-29-13-20-12-21(3-2-19(20)14-33(29)65(57,58)59)46-36(49)34(35(45-46)38(52)53)44-39-25-7-5-23(63-54)16-24(25)37(50)51;1-2/h2-7,12-18,47-49,54H,8-11H2,1H3,(H,50,51)(H,52,53)(H,55,56)(H,57,58,59);2H,1H3. The highest BCUT2D eigenvalue weighted by atomic mass is 32.2. The Labute approximate surface area is 384 Å². The smallest absolute Gasteiger partial charge is 0.358 e. The number of rotatable bonds is 19. The lowest BCUT2D eigenvalue weighted by molar-refractivity contribution is 0.0682. The van der Waals surface area contributed by atoms with E-state index in [0.717, 1.165) is 23.9 Å². The van der Waals surface area contributed by atoms with Crippen molar-refractivity contribution in [1.29, 1.82) is 0 Å². The Balaban J connectivity index is 0.00000414. The third kappa shape index (κ3) is 12.1. The molecule has 5 aromatic carbocycles. The molecule has 0 bridgehead atoms. The van der Waals surface area contributed by atoms with E-state index in [9.17, 15) is 61.4 Å². The normalized spacial score (nSPS) is 12.1. The zero-order valence-electron chi connectivity index (χ0n) is 34.4. The summed E-state index contributed by atoms with van der Waals surface area (Å²) in [6.07, 6.45) is 0. The number of ether oxygens (including phenoxy) is 3. The van der Waals surface area contributed by atoms with Gasteiger partial charge in [-0.05, 0) is 65.4 Å². The molecule has 28 heteroatoms. The van der Waals surface area contributed by atoms with Crippen molar-refractivity contribution in [2.45, 2.75) is 14.7 Å². The SMILES string of the molecule is CO.COc1ccc(N=Nc2cc(OCCO)c(N=Nc3cc4cc(-n5nc(C(=O)O)c(N=Nc6ccc(SO)cc6C(=O)O)c5O)ccc4cc3S(=O)(=O)O)cc2OCCO)c(S(=O)O)c1. The molecule has 0 radical (unpaired) electrons. The van der Waals surface area contributed by atoms with Crippen molar-refractivity contribution in [3.8, 4) is 28.8 Å². The van der Waals surface area contributed by atoms with Gasteiger partial charge in [0, 0.05) is 42.2 Å². The van der Waals surface area contributed by atoms with Crippen LogP contribution in [0.25, 0.3) is 16.5 Å². The number of hydrogen-bond acceptors (Lipinski definition) is 21. The molecule has 0 spiro atoms. The van der Waals surface area contributed by atoms with Gasteiger partial charge in [-0.1, -0.05) is 6.07 Å². The van der Waals surface area contributed by atoms with Crippen LogP contribution in [0, 0.1) is 0 Å². The molecule has 0 aliphatic carbocycles. The number of hydrogen-bond donors (Lipinski definition) is 9. The molecule has 0 aliphatic rings. The van der Waals surface area contributed by atoms with Crippen LogP contribution in [0.5, 0.6) is 23.1 Å². The maximum absolute atomic E-state index is 12.6. The van der Waals surface area contributed by atoms with E-state index in [0.29, 0.717) is 0 Å². The van der Waals surface area contributed by atoms with Crippen molar-refractivity contribution < 1.29 is 80.7 Å². The number of aliphatic hydroxyl groups is 3. The van der Waals surface area contributed by atoms with Crippen LogP contribution >= 0.6 is 12.0 Å². The maximum Gasteiger partial charge on any atom is 0.358 e. The Morgan fingerprint density at radius 1 is 0.746 bits per heavy atom. The summed E-state index contributed by atoms with van der Waals surface area (Å²) < 4.78 is 83.8. The minimum Gasteiger partial charge on any atom is -0.497 e. The third-order valence-electron chi connectivity index (χ3n) is 8.65. The lowest BCUT2D eigenvalue weighted by Gasteiger charge is -2.13. The molecule has 0 saturated heterocycles. The number of nitrogens with zero attached hydrogens (tertiary/aromatic N) is 8. The Kier molecular flexibility index (Phi) is 17.2. The van der Waals surface area contributed by atoms with E-state index in [1.807, 2.05) is 0 Å². The van der Waals surface area contributed by atoms with E-state index in [2.05, 4.69) is 35.8 Å². The summed E-state index contributed by atoms with van der Waals surface area (Å²) in [5, 5.41) is 85.0. The minimum absolute atomic E-state index is 0.000833. The molecule has 1 aromatic heterocycles. The van der Waals surface area contributed by atoms with Crippen molar-refractivity contribution in [3.63, 3.8) is 0 Å². The summed E-state index contributed by atoms with van der Waals surface area (Å²) in [7, 11) is -2.63. The van der Waals surface area contributed by atoms with Crippen LogP contribution in [0.2, 0.25) is 0 Å². The molecule has 67 heavy (non-hydrogen) atoms. The highest BCUT2D eigenvalue weighted by Crippen LogP contribution is 2.43. The lowest BCUT2D eigenvalue weighted by Crippen LogP contribution is -2.04. The van der Waals surface area contributed by atoms with Gasteiger partial charge in [-0.2, -0.15) is 18.2 Å². The minimum atomic E-state index is -4.99. The number of aromatic nitrogens is 2. The molecule has 9 N–H and O–H groups in total. The van der Waals surface area contributed by atoms with Gasteiger partial charge in [-0.25, -0.2) is 13.8 Å². The number of aromatic carboxylic acids is 2. The number of carboxylic acid groups (broad SMARTS) is 2. The van der Waals surface area contributed by atoms with Gasteiger partial charge < -0.3 is 54.0 Å². The molecule has 1 unspecified atom stereocenters. The van der Waals surface area contributed by atoms with Crippen LogP contribution in [-0.4, -0.2) is 119 Å². The van der Waals surface area contributed by atoms with Crippen molar-refractivity contribution in [2.24, 2.45) is 30.7 Å². The van der Waals surface area contributed by atoms with Crippen LogP contribution in [0.4, 0.5) is 34.1 Å². The summed E-state index contributed by atoms with van der Waals surface area (Å²) in [5.74, 6) is -3.84. The monoisotopic (exact) mass is 984 g/mol. The number of fused-ring (bicyclic) bond motifs is 1. The molecule has 0 saturated carbocycles. The fourth-order valence-corrected chi connectivity index (χ4v) is 7.16. The number of aromatic hydroxyl groups is 1. The van der Waals surface area contributed by atoms with Crippen molar-refractivity contribution in [3.05, 3.63) is 90.1 Å². The number of aliphatic hydroxyl groups excluding tert-OH is 3. The predicted octanol–water partition coefficient (Wildman–Crippen LogP) is 7.13. The van der Waals surface area contributed by atoms with Gasteiger partial charge in [0.25, 0.3) is 10.1 Å². The molecule has 1 atom stereocenters. The van der Waals surface area contributed by atoms with E-state index < -0.39 is 79.8 Å².